The minimum absolute atomic E-state index is 0.151. The third kappa shape index (κ3) is 2.49. The first-order valence-electron chi connectivity index (χ1n) is 6.57. The highest BCUT2D eigenvalue weighted by Crippen LogP contribution is 2.18. The number of fused-ring (bicyclic) bond motifs is 1. The molecule has 0 radical (unpaired) electrons. The molecule has 0 aliphatic carbocycles. The largest absolute Gasteiger partial charge is 0.328 e. The van der Waals surface area contributed by atoms with E-state index in [0.29, 0.717) is 11.0 Å². The maximum absolute atomic E-state index is 12.4. The van der Waals surface area contributed by atoms with E-state index in [9.17, 15) is 13.2 Å². The van der Waals surface area contributed by atoms with Crippen molar-refractivity contribution in [3.8, 4) is 0 Å². The van der Waals surface area contributed by atoms with Gasteiger partial charge in [0.1, 0.15) is 0 Å². The van der Waals surface area contributed by atoms with Crippen molar-refractivity contribution in [1.82, 2.24) is 13.9 Å². The van der Waals surface area contributed by atoms with Crippen LogP contribution in [0, 0.1) is 0 Å². The summed E-state index contributed by atoms with van der Waals surface area (Å²) in [5.41, 5.74) is 1.10. The van der Waals surface area contributed by atoms with E-state index in [1.54, 1.807) is 20.2 Å². The molecule has 116 valence electrons. The van der Waals surface area contributed by atoms with Gasteiger partial charge < -0.3 is 0 Å². The fraction of sp³-hybridized carbons (Fsp3) is 0.214. The van der Waals surface area contributed by atoms with Gasteiger partial charge in [0.25, 0.3) is 0 Å². The molecule has 1 N–H and O–H groups in total. The summed E-state index contributed by atoms with van der Waals surface area (Å²) in [4.78, 5) is 13.0. The van der Waals surface area contributed by atoms with E-state index < -0.39 is 10.0 Å². The molecule has 1 aromatic carbocycles. The van der Waals surface area contributed by atoms with E-state index in [-0.39, 0.29) is 17.1 Å². The summed E-state index contributed by atoms with van der Waals surface area (Å²) in [6, 6.07) is 8.43. The van der Waals surface area contributed by atoms with Gasteiger partial charge in [-0.1, -0.05) is 6.07 Å². The molecule has 0 bridgehead atoms. The topological polar surface area (TPSA) is 73.1 Å². The zero-order valence-corrected chi connectivity index (χ0v) is 13.7. The first kappa shape index (κ1) is 15.0. The predicted molar refractivity (Wildman–Crippen MR) is 86.5 cm³/mol. The maximum atomic E-state index is 12.4. The van der Waals surface area contributed by atoms with Gasteiger partial charge in [0.2, 0.25) is 10.0 Å². The molecule has 0 aliphatic rings. The van der Waals surface area contributed by atoms with Gasteiger partial charge in [0, 0.05) is 25.5 Å². The third-order valence-electron chi connectivity index (χ3n) is 3.57. The molecule has 0 aliphatic heterocycles. The van der Waals surface area contributed by atoms with Crippen molar-refractivity contribution in [2.45, 2.75) is 11.4 Å². The lowest BCUT2D eigenvalue weighted by Crippen LogP contribution is -2.22. The zero-order chi connectivity index (χ0) is 15.9. The molecule has 0 fully saturated rings. The Morgan fingerprint density at radius 2 is 1.86 bits per heavy atom. The second-order valence-corrected chi connectivity index (χ2v) is 7.75. The Kier molecular flexibility index (Phi) is 3.67. The number of aryl methyl sites for hydroxylation is 2. The molecule has 0 unspecified atom stereocenters. The van der Waals surface area contributed by atoms with Crippen LogP contribution in [0.2, 0.25) is 0 Å². The van der Waals surface area contributed by atoms with Crippen LogP contribution in [-0.4, -0.2) is 17.6 Å². The number of hydrogen-bond donors (Lipinski definition) is 1. The number of rotatable bonds is 4. The average molecular weight is 337 g/mol. The van der Waals surface area contributed by atoms with Crippen LogP contribution in [0.15, 0.2) is 45.4 Å². The van der Waals surface area contributed by atoms with Crippen molar-refractivity contribution in [2.75, 3.05) is 0 Å². The van der Waals surface area contributed by atoms with Gasteiger partial charge in [-0.25, -0.2) is 17.9 Å². The molecular formula is C14H15N3O3S2. The van der Waals surface area contributed by atoms with Crippen LogP contribution >= 0.6 is 11.3 Å². The van der Waals surface area contributed by atoms with Crippen molar-refractivity contribution in [1.29, 1.82) is 0 Å². The number of imidazole rings is 1. The van der Waals surface area contributed by atoms with Crippen molar-refractivity contribution >= 4 is 32.4 Å². The highest BCUT2D eigenvalue weighted by Gasteiger charge is 2.17. The summed E-state index contributed by atoms with van der Waals surface area (Å²) in [5, 5.41) is 1.90. The van der Waals surface area contributed by atoms with E-state index in [4.69, 9.17) is 0 Å². The highest BCUT2D eigenvalue weighted by atomic mass is 32.2. The Bertz CT molecular complexity index is 982. The predicted octanol–water partition coefficient (Wildman–Crippen LogP) is 1.42. The van der Waals surface area contributed by atoms with Crippen molar-refractivity contribution in [2.24, 2.45) is 14.1 Å². The molecule has 3 rings (SSSR count). The van der Waals surface area contributed by atoms with Gasteiger partial charge in [-0.2, -0.15) is 0 Å². The summed E-state index contributed by atoms with van der Waals surface area (Å²) in [6.07, 6.45) is 0. The standard InChI is InChI=1S/C14H15N3O3S2/c1-16-12-6-5-11(8-13(12)17(2)14(16)18)22(19,20)15-9-10-4-3-7-21-10/h3-8,15H,9H2,1-2H3. The van der Waals surface area contributed by atoms with Gasteiger partial charge in [-0.05, 0) is 29.6 Å². The SMILES string of the molecule is Cn1c(=O)n(C)c2cc(S(=O)(=O)NCc3cccs3)ccc21. The number of nitrogens with zero attached hydrogens (tertiary/aromatic N) is 2. The molecular weight excluding hydrogens is 322 g/mol. The second kappa shape index (κ2) is 5.38. The molecule has 2 aromatic heterocycles. The molecule has 8 heteroatoms. The first-order chi connectivity index (χ1) is 10.4. The van der Waals surface area contributed by atoms with E-state index in [1.165, 1.54) is 32.6 Å². The van der Waals surface area contributed by atoms with Crippen LogP contribution < -0.4 is 10.4 Å². The Morgan fingerprint density at radius 1 is 1.14 bits per heavy atom. The van der Waals surface area contributed by atoms with Crippen molar-refractivity contribution in [3.05, 3.63) is 51.1 Å². The van der Waals surface area contributed by atoms with Crippen LogP contribution in [0.5, 0.6) is 0 Å². The molecule has 6 nitrogen and oxygen atoms in total. The van der Waals surface area contributed by atoms with E-state index in [2.05, 4.69) is 4.72 Å². The van der Waals surface area contributed by atoms with Gasteiger partial charge in [0.05, 0.1) is 15.9 Å². The van der Waals surface area contributed by atoms with Crippen LogP contribution in [0.1, 0.15) is 4.88 Å². The minimum Gasteiger partial charge on any atom is -0.295 e. The van der Waals surface area contributed by atoms with Crippen LogP contribution in [-0.2, 0) is 30.7 Å². The Balaban J connectivity index is 1.98. The summed E-state index contributed by atoms with van der Waals surface area (Å²) in [6.45, 7) is 0.256. The monoisotopic (exact) mass is 337 g/mol. The fourth-order valence-corrected chi connectivity index (χ4v) is 4.08. The molecule has 0 saturated carbocycles. The second-order valence-electron chi connectivity index (χ2n) is 4.96. The van der Waals surface area contributed by atoms with Crippen molar-refractivity contribution < 1.29 is 8.42 Å². The summed E-state index contributed by atoms with van der Waals surface area (Å²) in [5.74, 6) is 0. The normalized spacial score (nSPS) is 12.1. The number of aromatic nitrogens is 2. The number of hydrogen-bond acceptors (Lipinski definition) is 4. The fourth-order valence-electron chi connectivity index (χ4n) is 2.32. The van der Waals surface area contributed by atoms with Crippen molar-refractivity contribution in [3.63, 3.8) is 0 Å². The number of sulfonamides is 1. The quantitative estimate of drug-likeness (QED) is 0.782. The molecule has 2 heterocycles. The van der Waals surface area contributed by atoms with E-state index >= 15 is 0 Å². The first-order valence-corrected chi connectivity index (χ1v) is 8.94. The summed E-state index contributed by atoms with van der Waals surface area (Å²) in [7, 11) is -0.330. The summed E-state index contributed by atoms with van der Waals surface area (Å²) < 4.78 is 30.2. The number of nitrogens with one attached hydrogen (secondary N) is 1. The van der Waals surface area contributed by atoms with Crippen LogP contribution in [0.25, 0.3) is 11.0 Å². The Labute approximate surface area is 131 Å². The maximum Gasteiger partial charge on any atom is 0.328 e. The number of thiophene rings is 1. The minimum atomic E-state index is -3.62. The Morgan fingerprint density at radius 3 is 2.55 bits per heavy atom. The third-order valence-corrected chi connectivity index (χ3v) is 5.85. The molecule has 0 amide bonds. The zero-order valence-electron chi connectivity index (χ0n) is 12.1. The molecule has 0 atom stereocenters. The average Bonchev–Trinajstić information content (AvgIpc) is 3.09. The number of benzene rings is 1. The summed E-state index contributed by atoms with van der Waals surface area (Å²) >= 11 is 1.49. The Hall–Kier alpha value is -1.90. The van der Waals surface area contributed by atoms with Crippen LogP contribution in [0.3, 0.4) is 0 Å². The lowest BCUT2D eigenvalue weighted by molar-refractivity contribution is 0.582. The van der Waals surface area contributed by atoms with Gasteiger partial charge in [0.15, 0.2) is 0 Å². The van der Waals surface area contributed by atoms with Gasteiger partial charge >= 0.3 is 5.69 Å². The highest BCUT2D eigenvalue weighted by molar-refractivity contribution is 7.89. The van der Waals surface area contributed by atoms with Gasteiger partial charge in [-0.15, -0.1) is 11.3 Å². The van der Waals surface area contributed by atoms with Crippen LogP contribution in [0.4, 0.5) is 0 Å². The molecule has 22 heavy (non-hydrogen) atoms. The molecule has 3 aromatic rings. The molecule has 0 spiro atoms. The van der Waals surface area contributed by atoms with Gasteiger partial charge in [-0.3, -0.25) is 9.13 Å². The lowest BCUT2D eigenvalue weighted by Gasteiger charge is -2.06. The lowest BCUT2D eigenvalue weighted by atomic mass is 10.3. The van der Waals surface area contributed by atoms with E-state index in [1.807, 2.05) is 17.5 Å². The molecule has 0 saturated heterocycles. The van der Waals surface area contributed by atoms with E-state index in [0.717, 1.165) is 4.88 Å². The smallest absolute Gasteiger partial charge is 0.295 e.